The van der Waals surface area contributed by atoms with E-state index < -0.39 is 12.1 Å². The van der Waals surface area contributed by atoms with Gasteiger partial charge in [-0.3, -0.25) is 4.79 Å². The van der Waals surface area contributed by atoms with Gasteiger partial charge in [-0.2, -0.15) is 24.5 Å². The molecule has 31 heavy (non-hydrogen) atoms. The molecule has 2 aliphatic rings. The van der Waals surface area contributed by atoms with E-state index in [0.717, 1.165) is 31.4 Å². The fourth-order valence-electron chi connectivity index (χ4n) is 3.62. The Hall–Kier alpha value is -2.73. The molecule has 0 aromatic carbocycles. The average Bonchev–Trinajstić information content (AvgIpc) is 3.39. The van der Waals surface area contributed by atoms with E-state index in [4.69, 9.17) is 14.6 Å². The van der Waals surface area contributed by atoms with Crippen LogP contribution in [-0.4, -0.2) is 69.4 Å². The number of carbonyl (C=O) groups excluding carboxylic acids is 1. The molecule has 1 amide bonds. The maximum Gasteiger partial charge on any atom is 0.490 e. The number of anilines is 1. The van der Waals surface area contributed by atoms with Crippen molar-refractivity contribution in [1.29, 1.82) is 0 Å². The van der Waals surface area contributed by atoms with Gasteiger partial charge >= 0.3 is 12.1 Å². The van der Waals surface area contributed by atoms with E-state index in [1.165, 1.54) is 0 Å². The van der Waals surface area contributed by atoms with Crippen LogP contribution >= 0.6 is 11.3 Å². The zero-order valence-corrected chi connectivity index (χ0v) is 17.2. The van der Waals surface area contributed by atoms with Crippen molar-refractivity contribution in [2.24, 2.45) is 0 Å². The van der Waals surface area contributed by atoms with E-state index >= 15 is 0 Å². The summed E-state index contributed by atoms with van der Waals surface area (Å²) in [6.45, 7) is 2.09. The fraction of sp³-hybridized carbons (Fsp3) is 0.474. The molecule has 0 saturated carbocycles. The molecule has 0 bridgehead atoms. The van der Waals surface area contributed by atoms with Crippen LogP contribution in [0.1, 0.15) is 29.6 Å². The van der Waals surface area contributed by atoms with Crippen LogP contribution in [0.25, 0.3) is 0 Å². The number of ether oxygens (including phenoxy) is 1. The van der Waals surface area contributed by atoms with E-state index in [0.29, 0.717) is 19.1 Å². The highest BCUT2D eigenvalue weighted by atomic mass is 32.1. The quantitative estimate of drug-likeness (QED) is 0.729. The Bertz CT molecular complexity index is 882. The number of carboxylic acids is 1. The Labute approximate surface area is 180 Å². The second-order valence-electron chi connectivity index (χ2n) is 7.26. The highest BCUT2D eigenvalue weighted by Gasteiger charge is 2.44. The Kier molecular flexibility index (Phi) is 7.11. The molecule has 2 N–H and O–H groups in total. The minimum Gasteiger partial charge on any atom is -0.475 e. The number of halogens is 3. The van der Waals surface area contributed by atoms with Crippen LogP contribution in [0.3, 0.4) is 0 Å². The first-order chi connectivity index (χ1) is 14.7. The van der Waals surface area contributed by atoms with Gasteiger partial charge < -0.3 is 20.1 Å². The number of aromatic nitrogens is 2. The van der Waals surface area contributed by atoms with Crippen molar-refractivity contribution in [2.75, 3.05) is 25.0 Å². The summed E-state index contributed by atoms with van der Waals surface area (Å²) < 4.78 is 37.9. The molecule has 12 heteroatoms. The molecular formula is C19H21F3N4O4S. The topological polar surface area (TPSA) is 105 Å². The minimum absolute atomic E-state index is 0.113. The lowest BCUT2D eigenvalue weighted by Crippen LogP contribution is -2.50. The molecule has 2 saturated heterocycles. The number of nitrogens with one attached hydrogen (secondary N) is 1. The van der Waals surface area contributed by atoms with Crippen LogP contribution in [0.5, 0.6) is 0 Å². The zero-order valence-electron chi connectivity index (χ0n) is 16.3. The normalized spacial score (nSPS) is 23.2. The Morgan fingerprint density at radius 2 is 2.03 bits per heavy atom. The van der Waals surface area contributed by atoms with Crippen molar-refractivity contribution >= 4 is 29.2 Å². The number of likely N-dealkylation sites (tertiary alicyclic amines) is 1. The number of amides is 1. The van der Waals surface area contributed by atoms with Gasteiger partial charge in [0.25, 0.3) is 5.91 Å². The molecule has 2 aromatic rings. The maximum absolute atomic E-state index is 12.6. The van der Waals surface area contributed by atoms with E-state index in [1.54, 1.807) is 29.8 Å². The van der Waals surface area contributed by atoms with Crippen LogP contribution in [0.4, 0.5) is 19.1 Å². The van der Waals surface area contributed by atoms with Gasteiger partial charge in [0, 0.05) is 30.7 Å². The molecule has 4 heterocycles. The van der Waals surface area contributed by atoms with E-state index in [1.807, 2.05) is 21.7 Å². The standard InChI is InChI=1S/C17H20N4O2S.C2HF3O2/c22-15(13-3-8-24-11-13)21-7-1-4-17(12-21)9-14(10-23-17)20-16-18-5-2-6-19-16;3-2(4,5)1(6)7/h2-3,5-6,8,11,14H,1,4,7,9-10,12H2,(H,18,19,20);(H,6,7). The van der Waals surface area contributed by atoms with Gasteiger partial charge in [-0.15, -0.1) is 0 Å². The van der Waals surface area contributed by atoms with Gasteiger partial charge in [0.05, 0.1) is 30.4 Å². The van der Waals surface area contributed by atoms with E-state index in [9.17, 15) is 18.0 Å². The molecule has 0 aliphatic carbocycles. The lowest BCUT2D eigenvalue weighted by Gasteiger charge is -2.39. The molecule has 168 valence electrons. The molecule has 2 atom stereocenters. The average molecular weight is 458 g/mol. The van der Waals surface area contributed by atoms with Crippen LogP contribution in [0.2, 0.25) is 0 Å². The summed E-state index contributed by atoms with van der Waals surface area (Å²) in [5, 5.41) is 14.3. The van der Waals surface area contributed by atoms with Crippen molar-refractivity contribution in [3.63, 3.8) is 0 Å². The minimum atomic E-state index is -5.08. The summed E-state index contributed by atoms with van der Waals surface area (Å²) >= 11 is 1.55. The molecule has 8 nitrogen and oxygen atoms in total. The van der Waals surface area contributed by atoms with Gasteiger partial charge in [0.15, 0.2) is 0 Å². The van der Waals surface area contributed by atoms with Gasteiger partial charge in [-0.25, -0.2) is 14.8 Å². The van der Waals surface area contributed by atoms with Crippen LogP contribution in [0.15, 0.2) is 35.3 Å². The van der Waals surface area contributed by atoms with Crippen LogP contribution in [-0.2, 0) is 9.53 Å². The Morgan fingerprint density at radius 1 is 1.32 bits per heavy atom. The van der Waals surface area contributed by atoms with E-state index in [2.05, 4.69) is 15.3 Å². The number of thiophene rings is 1. The molecule has 2 fully saturated rings. The number of hydrogen-bond acceptors (Lipinski definition) is 7. The first-order valence-corrected chi connectivity index (χ1v) is 10.4. The molecule has 2 unspecified atom stereocenters. The SMILES string of the molecule is O=C(O)C(F)(F)F.O=C(c1ccsc1)N1CCCC2(CC(Nc3ncccn3)CO2)C1. The molecule has 0 radical (unpaired) electrons. The number of nitrogens with zero attached hydrogens (tertiary/aromatic N) is 3. The van der Waals surface area contributed by atoms with Gasteiger partial charge in [0.1, 0.15) is 0 Å². The van der Waals surface area contributed by atoms with Crippen LogP contribution in [0, 0.1) is 0 Å². The zero-order chi connectivity index (χ0) is 22.5. The number of carboxylic acid groups (broad SMARTS) is 1. The molecule has 4 rings (SSSR count). The summed E-state index contributed by atoms with van der Waals surface area (Å²) in [5.41, 5.74) is 0.540. The largest absolute Gasteiger partial charge is 0.490 e. The summed E-state index contributed by atoms with van der Waals surface area (Å²) in [6.07, 6.45) is 1.21. The maximum atomic E-state index is 12.6. The van der Waals surface area contributed by atoms with Crippen LogP contribution < -0.4 is 5.32 Å². The third kappa shape index (κ3) is 6.14. The lowest BCUT2D eigenvalue weighted by atomic mass is 9.88. The molecule has 1 spiro atoms. The van der Waals surface area contributed by atoms with Crippen molar-refractivity contribution in [1.82, 2.24) is 14.9 Å². The predicted molar refractivity (Wildman–Crippen MR) is 106 cm³/mol. The summed E-state index contributed by atoms with van der Waals surface area (Å²) in [4.78, 5) is 31.9. The highest BCUT2D eigenvalue weighted by molar-refractivity contribution is 7.08. The predicted octanol–water partition coefficient (Wildman–Crippen LogP) is 3.05. The fourth-order valence-corrected chi connectivity index (χ4v) is 4.25. The molecule has 2 aromatic heterocycles. The summed E-state index contributed by atoms with van der Waals surface area (Å²) in [6, 6.07) is 3.87. The highest BCUT2D eigenvalue weighted by Crippen LogP contribution is 2.36. The first-order valence-electron chi connectivity index (χ1n) is 9.48. The third-order valence-corrected chi connectivity index (χ3v) is 5.63. The van der Waals surface area contributed by atoms with Gasteiger partial charge in [-0.05, 0) is 30.4 Å². The Balaban J connectivity index is 0.000000339. The first kappa shape index (κ1) is 22.9. The molecule has 2 aliphatic heterocycles. The summed E-state index contributed by atoms with van der Waals surface area (Å²) in [5.74, 6) is -2.01. The number of piperidine rings is 1. The van der Waals surface area contributed by atoms with Crippen molar-refractivity contribution in [3.8, 4) is 0 Å². The number of aliphatic carboxylic acids is 1. The number of alkyl halides is 3. The second-order valence-corrected chi connectivity index (χ2v) is 8.04. The van der Waals surface area contributed by atoms with Gasteiger partial charge in [0.2, 0.25) is 5.95 Å². The van der Waals surface area contributed by atoms with Crippen molar-refractivity contribution in [3.05, 3.63) is 40.8 Å². The lowest BCUT2D eigenvalue weighted by molar-refractivity contribution is -0.192. The number of carbonyl (C=O) groups is 2. The monoisotopic (exact) mass is 458 g/mol. The van der Waals surface area contributed by atoms with E-state index in [-0.39, 0.29) is 17.6 Å². The smallest absolute Gasteiger partial charge is 0.475 e. The second kappa shape index (κ2) is 9.60. The van der Waals surface area contributed by atoms with Gasteiger partial charge in [-0.1, -0.05) is 0 Å². The summed E-state index contributed by atoms with van der Waals surface area (Å²) in [7, 11) is 0. The number of rotatable bonds is 3. The number of hydrogen-bond donors (Lipinski definition) is 2. The molecular weight excluding hydrogens is 437 g/mol. The van der Waals surface area contributed by atoms with Crippen molar-refractivity contribution in [2.45, 2.75) is 37.1 Å². The van der Waals surface area contributed by atoms with Crippen molar-refractivity contribution < 1.29 is 32.6 Å². The third-order valence-electron chi connectivity index (χ3n) is 4.95. The Morgan fingerprint density at radius 3 is 2.65 bits per heavy atom.